The summed E-state index contributed by atoms with van der Waals surface area (Å²) in [4.78, 5) is 19.0. The van der Waals surface area contributed by atoms with Gasteiger partial charge in [0.05, 0.1) is 18.1 Å². The molecule has 0 N–H and O–H groups in total. The Hall–Kier alpha value is -1.35. The third kappa shape index (κ3) is 5.84. The number of carbonyl (C=O) groups is 1. The van der Waals surface area contributed by atoms with E-state index >= 15 is 0 Å². The van der Waals surface area contributed by atoms with E-state index in [0.717, 1.165) is 11.4 Å². The molecule has 0 fully saturated rings. The minimum absolute atomic E-state index is 0.0225. The highest BCUT2D eigenvalue weighted by atomic mass is 35.5. The lowest BCUT2D eigenvalue weighted by atomic mass is 10.2. The predicted octanol–water partition coefficient (Wildman–Crippen LogP) is 5.23. The van der Waals surface area contributed by atoms with E-state index in [1.165, 1.54) is 0 Å². The summed E-state index contributed by atoms with van der Waals surface area (Å²) in [6.45, 7) is 13.0. The highest BCUT2D eigenvalue weighted by molar-refractivity contribution is 7.98. The maximum atomic E-state index is 13.2. The monoisotopic (exact) mass is 454 g/mol. The molecule has 9 heteroatoms. The van der Waals surface area contributed by atoms with Gasteiger partial charge in [0.25, 0.3) is 0 Å². The predicted molar refractivity (Wildman–Crippen MR) is 125 cm³/mol. The second-order valence-corrected chi connectivity index (χ2v) is 14.7. The van der Waals surface area contributed by atoms with Crippen LogP contribution in [-0.4, -0.2) is 47.7 Å². The normalized spacial score (nSPS) is 13.4. The second kappa shape index (κ2) is 9.64. The lowest BCUT2D eigenvalue weighted by Crippen LogP contribution is -2.46. The van der Waals surface area contributed by atoms with Gasteiger partial charge in [0, 0.05) is 17.9 Å². The van der Waals surface area contributed by atoms with Crippen molar-refractivity contribution in [2.24, 2.45) is 5.92 Å². The van der Waals surface area contributed by atoms with Crippen molar-refractivity contribution in [1.29, 1.82) is 0 Å². The van der Waals surface area contributed by atoms with Crippen molar-refractivity contribution in [3.63, 3.8) is 0 Å². The third-order valence-electron chi connectivity index (χ3n) is 5.32. The van der Waals surface area contributed by atoms with Crippen LogP contribution in [0.1, 0.15) is 27.7 Å². The molecule has 2 rings (SSSR count). The van der Waals surface area contributed by atoms with Gasteiger partial charge in [0.15, 0.2) is 13.5 Å². The van der Waals surface area contributed by atoms with Gasteiger partial charge in [0.1, 0.15) is 12.4 Å². The van der Waals surface area contributed by atoms with Crippen LogP contribution in [0.25, 0.3) is 5.69 Å². The zero-order valence-corrected chi connectivity index (χ0v) is 20.8. The molecule has 1 amide bonds. The van der Waals surface area contributed by atoms with E-state index < -0.39 is 8.32 Å². The molecule has 0 aliphatic carbocycles. The molecule has 0 spiro atoms. The van der Waals surface area contributed by atoms with Crippen molar-refractivity contribution < 1.29 is 9.22 Å². The number of carbonyl (C=O) groups excluding carboxylic acids is 1. The summed E-state index contributed by atoms with van der Waals surface area (Å²) in [5.74, 6) is 0.542. The van der Waals surface area contributed by atoms with Crippen LogP contribution in [0.15, 0.2) is 30.7 Å². The van der Waals surface area contributed by atoms with Gasteiger partial charge in [-0.1, -0.05) is 39.3 Å². The third-order valence-corrected chi connectivity index (χ3v) is 10.9. The Morgan fingerprint density at radius 3 is 2.66 bits per heavy atom. The first-order chi connectivity index (χ1) is 13.5. The molecule has 2 heterocycles. The van der Waals surface area contributed by atoms with Gasteiger partial charge < -0.3 is 4.43 Å². The number of pyridine rings is 1. The maximum absolute atomic E-state index is 13.2. The summed E-state index contributed by atoms with van der Waals surface area (Å²) >= 11 is 8.10. The smallest absolute Gasteiger partial charge is 0.232 e. The molecule has 1 atom stereocenters. The van der Waals surface area contributed by atoms with Gasteiger partial charge in [-0.05, 0) is 36.5 Å². The topological polar surface area (TPSA) is 60.2 Å². The summed E-state index contributed by atoms with van der Waals surface area (Å²) < 4.78 is 7.99. The van der Waals surface area contributed by atoms with Crippen LogP contribution in [0.5, 0.6) is 0 Å². The molecular weight excluding hydrogens is 424 g/mol. The maximum Gasteiger partial charge on any atom is 0.232 e. The summed E-state index contributed by atoms with van der Waals surface area (Å²) in [5, 5.41) is 4.68. The van der Waals surface area contributed by atoms with Crippen LogP contribution in [0.3, 0.4) is 0 Å². The molecule has 6 nitrogen and oxygen atoms in total. The fourth-order valence-electron chi connectivity index (χ4n) is 2.43. The summed E-state index contributed by atoms with van der Waals surface area (Å²) in [6, 6.07) is 3.71. The van der Waals surface area contributed by atoms with Crippen LogP contribution < -0.4 is 4.90 Å². The minimum Gasteiger partial charge on any atom is -0.399 e. The summed E-state index contributed by atoms with van der Waals surface area (Å²) in [7, 11) is -2.05. The van der Waals surface area contributed by atoms with E-state index in [-0.39, 0.29) is 28.7 Å². The fourth-order valence-corrected chi connectivity index (χ4v) is 4.19. The minimum atomic E-state index is -2.05. The Balaban J connectivity index is 2.37. The molecule has 0 aliphatic heterocycles. The Kier molecular flexibility index (Phi) is 7.95. The molecule has 2 aromatic rings. The first-order valence-electron chi connectivity index (χ1n) is 9.58. The van der Waals surface area contributed by atoms with Crippen molar-refractivity contribution in [1.82, 2.24) is 14.8 Å². The van der Waals surface area contributed by atoms with Gasteiger partial charge in [-0.3, -0.25) is 14.7 Å². The number of hydrogen-bond donors (Lipinski definition) is 0. The summed E-state index contributed by atoms with van der Waals surface area (Å²) in [6.07, 6.45) is 7.15. The van der Waals surface area contributed by atoms with Gasteiger partial charge in [-0.25, -0.2) is 4.68 Å². The second-order valence-electron chi connectivity index (χ2n) is 8.62. The van der Waals surface area contributed by atoms with Crippen molar-refractivity contribution >= 4 is 43.3 Å². The zero-order valence-electron chi connectivity index (χ0n) is 18.3. The number of aromatic nitrogens is 3. The number of nitrogens with zero attached hydrogens (tertiary/aromatic N) is 4. The van der Waals surface area contributed by atoms with E-state index in [2.05, 4.69) is 43.9 Å². The van der Waals surface area contributed by atoms with Crippen LogP contribution in [0.2, 0.25) is 23.3 Å². The highest BCUT2D eigenvalue weighted by Gasteiger charge is 2.38. The highest BCUT2D eigenvalue weighted by Crippen LogP contribution is 2.37. The van der Waals surface area contributed by atoms with Crippen molar-refractivity contribution in [3.05, 3.63) is 35.9 Å². The van der Waals surface area contributed by atoms with E-state index in [4.69, 9.17) is 16.0 Å². The number of thioether (sulfide) groups is 1. The summed E-state index contributed by atoms with van der Waals surface area (Å²) in [5.41, 5.74) is 1.32. The molecule has 0 aliphatic rings. The molecule has 160 valence electrons. The molecular formula is C20H31ClN4O2SSi. The fraction of sp³-hybridized carbons (Fsp3) is 0.550. The zero-order chi connectivity index (χ0) is 21.8. The number of rotatable bonds is 8. The molecule has 0 saturated heterocycles. The van der Waals surface area contributed by atoms with E-state index in [0.29, 0.717) is 5.69 Å². The number of hydrogen-bond acceptors (Lipinski definition) is 5. The van der Waals surface area contributed by atoms with E-state index in [1.807, 2.05) is 25.3 Å². The molecule has 2 aromatic heterocycles. The molecule has 29 heavy (non-hydrogen) atoms. The molecule has 0 radical (unpaired) electrons. The number of anilines is 1. The number of amides is 1. The van der Waals surface area contributed by atoms with E-state index in [1.54, 1.807) is 39.9 Å². The molecule has 1 unspecified atom stereocenters. The lowest BCUT2D eigenvalue weighted by Gasteiger charge is -2.38. The molecule has 0 aromatic carbocycles. The van der Waals surface area contributed by atoms with Gasteiger partial charge >= 0.3 is 0 Å². The first kappa shape index (κ1) is 23.9. The lowest BCUT2D eigenvalue weighted by molar-refractivity contribution is -0.121. The quantitative estimate of drug-likeness (QED) is 0.403. The standard InChI is InChI=1S/C20H31ClN4O2SSi/c1-15(13-28-5)19(26)24(14-27-29(6,7)20(2,3)4)17-12-25(23-18(17)21)16-9-8-10-22-11-16/h8-12,15H,13-14H2,1-7H3. The van der Waals surface area contributed by atoms with Gasteiger partial charge in [-0.2, -0.15) is 16.9 Å². The van der Waals surface area contributed by atoms with Crippen molar-refractivity contribution in [3.8, 4) is 5.69 Å². The molecule has 0 bridgehead atoms. The average molecular weight is 455 g/mol. The average Bonchev–Trinajstić information content (AvgIpc) is 3.03. The Bertz CT molecular complexity index is 824. The van der Waals surface area contributed by atoms with Gasteiger partial charge in [0.2, 0.25) is 5.91 Å². The molecule has 0 saturated carbocycles. The van der Waals surface area contributed by atoms with Crippen LogP contribution in [0, 0.1) is 5.92 Å². The van der Waals surface area contributed by atoms with E-state index in [9.17, 15) is 4.79 Å². The Morgan fingerprint density at radius 1 is 1.41 bits per heavy atom. The van der Waals surface area contributed by atoms with Crippen LogP contribution >= 0.6 is 23.4 Å². The Morgan fingerprint density at radius 2 is 2.10 bits per heavy atom. The van der Waals surface area contributed by atoms with Crippen LogP contribution in [-0.2, 0) is 9.22 Å². The number of halogens is 1. The SMILES string of the molecule is CSCC(C)C(=O)N(CO[Si](C)(C)C(C)(C)C)c1cn(-c2cccnc2)nc1Cl. The first-order valence-corrected chi connectivity index (χ1v) is 14.3. The van der Waals surface area contributed by atoms with Crippen LogP contribution in [0.4, 0.5) is 5.69 Å². The van der Waals surface area contributed by atoms with Gasteiger partial charge in [-0.15, -0.1) is 0 Å². The van der Waals surface area contributed by atoms with Crippen molar-refractivity contribution in [2.75, 3.05) is 23.6 Å². The largest absolute Gasteiger partial charge is 0.399 e. The van der Waals surface area contributed by atoms with Crippen molar-refractivity contribution in [2.45, 2.75) is 45.8 Å². The Labute approximate surface area is 184 Å².